The highest BCUT2D eigenvalue weighted by Gasteiger charge is 2.00. The number of benzene rings is 1. The van der Waals surface area contributed by atoms with E-state index in [4.69, 9.17) is 10.8 Å². The molecule has 0 saturated carbocycles. The summed E-state index contributed by atoms with van der Waals surface area (Å²) in [4.78, 5) is 0. The van der Waals surface area contributed by atoms with E-state index in [0.29, 0.717) is 6.42 Å². The highest BCUT2D eigenvalue weighted by molar-refractivity contribution is 5.15. The Morgan fingerprint density at radius 1 is 1.27 bits per heavy atom. The molecule has 2 N–H and O–H groups in total. The third-order valence-electron chi connectivity index (χ3n) is 1.55. The molecule has 0 aliphatic heterocycles. The molecule has 0 aliphatic carbocycles. The molecule has 0 heterocycles. The third kappa shape index (κ3) is 2.70. The zero-order valence-electron chi connectivity index (χ0n) is 6.33. The SMILES string of the molecule is [NH][C@H](CO)Cc1ccccc1. The summed E-state index contributed by atoms with van der Waals surface area (Å²) in [6, 6.07) is 9.40. The highest BCUT2D eigenvalue weighted by Crippen LogP contribution is 2.01. The van der Waals surface area contributed by atoms with E-state index in [0.717, 1.165) is 5.56 Å². The highest BCUT2D eigenvalue weighted by atomic mass is 16.3. The zero-order valence-corrected chi connectivity index (χ0v) is 6.33. The molecule has 1 aromatic rings. The number of nitrogens with one attached hydrogen (secondary N) is 1. The van der Waals surface area contributed by atoms with Gasteiger partial charge in [0.2, 0.25) is 0 Å². The summed E-state index contributed by atoms with van der Waals surface area (Å²) in [5, 5.41) is 8.61. The smallest absolute Gasteiger partial charge is 0.0601 e. The molecule has 2 heteroatoms. The predicted octanol–water partition coefficient (Wildman–Crippen LogP) is 0.873. The lowest BCUT2D eigenvalue weighted by Crippen LogP contribution is -2.17. The van der Waals surface area contributed by atoms with Crippen molar-refractivity contribution in [1.82, 2.24) is 5.73 Å². The van der Waals surface area contributed by atoms with Crippen LogP contribution >= 0.6 is 0 Å². The molecule has 0 aromatic heterocycles. The Hall–Kier alpha value is -0.860. The Kier molecular flexibility index (Phi) is 3.08. The molecule has 1 rings (SSSR count). The second kappa shape index (κ2) is 4.11. The van der Waals surface area contributed by atoms with Crippen molar-refractivity contribution in [3.05, 3.63) is 35.9 Å². The fourth-order valence-electron chi connectivity index (χ4n) is 0.963. The van der Waals surface area contributed by atoms with Gasteiger partial charge in [0.05, 0.1) is 6.61 Å². The van der Waals surface area contributed by atoms with Crippen molar-refractivity contribution in [3.63, 3.8) is 0 Å². The number of hydrogen-bond donors (Lipinski definition) is 1. The Morgan fingerprint density at radius 3 is 2.45 bits per heavy atom. The van der Waals surface area contributed by atoms with Gasteiger partial charge in [-0.15, -0.1) is 0 Å². The van der Waals surface area contributed by atoms with Gasteiger partial charge in [0.1, 0.15) is 0 Å². The summed E-state index contributed by atoms with van der Waals surface area (Å²) in [6.07, 6.45) is 0.636. The average molecular weight is 150 g/mol. The Morgan fingerprint density at radius 2 is 1.91 bits per heavy atom. The first kappa shape index (κ1) is 8.24. The van der Waals surface area contributed by atoms with E-state index < -0.39 is 0 Å². The van der Waals surface area contributed by atoms with Gasteiger partial charge >= 0.3 is 0 Å². The average Bonchev–Trinajstić information content (AvgIpc) is 2.06. The molecule has 0 fully saturated rings. The molecule has 1 radical (unpaired) electrons. The molecular formula is C9H12NO. The van der Waals surface area contributed by atoms with Gasteiger partial charge in [0, 0.05) is 6.04 Å². The van der Waals surface area contributed by atoms with Gasteiger partial charge in [0.25, 0.3) is 0 Å². The lowest BCUT2D eigenvalue weighted by Gasteiger charge is -2.05. The number of hydrogen-bond acceptors (Lipinski definition) is 1. The molecule has 0 amide bonds. The minimum Gasteiger partial charge on any atom is -0.395 e. The lowest BCUT2D eigenvalue weighted by molar-refractivity contribution is 0.262. The van der Waals surface area contributed by atoms with Crippen molar-refractivity contribution in [2.24, 2.45) is 0 Å². The van der Waals surface area contributed by atoms with E-state index in [2.05, 4.69) is 0 Å². The summed E-state index contributed by atoms with van der Waals surface area (Å²) in [7, 11) is 0. The van der Waals surface area contributed by atoms with Crippen LogP contribution in [0.1, 0.15) is 5.56 Å². The Balaban J connectivity index is 2.51. The van der Waals surface area contributed by atoms with E-state index in [1.807, 2.05) is 30.3 Å². The van der Waals surface area contributed by atoms with E-state index in [1.54, 1.807) is 0 Å². The van der Waals surface area contributed by atoms with Crippen molar-refractivity contribution in [1.29, 1.82) is 0 Å². The maximum absolute atomic E-state index is 8.61. The van der Waals surface area contributed by atoms with Crippen LogP contribution in [0, 0.1) is 0 Å². The molecule has 0 aliphatic rings. The van der Waals surface area contributed by atoms with Crippen molar-refractivity contribution in [2.75, 3.05) is 6.61 Å². The topological polar surface area (TPSA) is 44.0 Å². The van der Waals surface area contributed by atoms with Crippen molar-refractivity contribution < 1.29 is 5.11 Å². The van der Waals surface area contributed by atoms with Crippen LogP contribution in [0.2, 0.25) is 0 Å². The fraction of sp³-hybridized carbons (Fsp3) is 0.333. The second-order valence-corrected chi connectivity index (χ2v) is 2.57. The summed E-state index contributed by atoms with van der Waals surface area (Å²) in [6.45, 7) is -0.0606. The maximum atomic E-state index is 8.61. The van der Waals surface area contributed by atoms with Gasteiger partial charge in [-0.1, -0.05) is 30.3 Å². The number of rotatable bonds is 3. The molecule has 1 atom stereocenters. The minimum atomic E-state index is -0.377. The fourth-order valence-corrected chi connectivity index (χ4v) is 0.963. The third-order valence-corrected chi connectivity index (χ3v) is 1.55. The number of aliphatic hydroxyl groups excluding tert-OH is 1. The molecule has 59 valence electrons. The van der Waals surface area contributed by atoms with E-state index in [-0.39, 0.29) is 12.6 Å². The van der Waals surface area contributed by atoms with Gasteiger partial charge in [-0.25, -0.2) is 0 Å². The quantitative estimate of drug-likeness (QED) is 0.682. The van der Waals surface area contributed by atoms with Crippen LogP contribution in [0.15, 0.2) is 30.3 Å². The van der Waals surface area contributed by atoms with Gasteiger partial charge in [0.15, 0.2) is 0 Å². The first-order valence-electron chi connectivity index (χ1n) is 3.69. The van der Waals surface area contributed by atoms with Crippen LogP contribution in [-0.4, -0.2) is 17.8 Å². The molecule has 0 spiro atoms. The first-order valence-corrected chi connectivity index (χ1v) is 3.69. The molecule has 2 nitrogen and oxygen atoms in total. The van der Waals surface area contributed by atoms with Crippen molar-refractivity contribution >= 4 is 0 Å². The lowest BCUT2D eigenvalue weighted by atomic mass is 10.1. The van der Waals surface area contributed by atoms with E-state index in [9.17, 15) is 0 Å². The van der Waals surface area contributed by atoms with Gasteiger partial charge < -0.3 is 5.11 Å². The Bertz CT molecular complexity index is 198. The summed E-state index contributed by atoms with van der Waals surface area (Å²) >= 11 is 0. The van der Waals surface area contributed by atoms with Crippen LogP contribution < -0.4 is 5.73 Å². The van der Waals surface area contributed by atoms with Gasteiger partial charge in [-0.3, -0.25) is 5.73 Å². The van der Waals surface area contributed by atoms with Gasteiger partial charge in [-0.05, 0) is 12.0 Å². The van der Waals surface area contributed by atoms with Crippen LogP contribution in [0.4, 0.5) is 0 Å². The zero-order chi connectivity index (χ0) is 8.10. The van der Waals surface area contributed by atoms with E-state index >= 15 is 0 Å². The normalized spacial score (nSPS) is 12.9. The van der Waals surface area contributed by atoms with Gasteiger partial charge in [-0.2, -0.15) is 0 Å². The van der Waals surface area contributed by atoms with Crippen LogP contribution in [0.5, 0.6) is 0 Å². The molecule has 11 heavy (non-hydrogen) atoms. The van der Waals surface area contributed by atoms with E-state index in [1.165, 1.54) is 0 Å². The molecule has 0 saturated heterocycles. The summed E-state index contributed by atoms with van der Waals surface area (Å²) < 4.78 is 0. The maximum Gasteiger partial charge on any atom is 0.0601 e. The van der Waals surface area contributed by atoms with Crippen LogP contribution in [0.25, 0.3) is 0 Å². The predicted molar refractivity (Wildman–Crippen MR) is 44.1 cm³/mol. The monoisotopic (exact) mass is 150 g/mol. The van der Waals surface area contributed by atoms with Crippen molar-refractivity contribution in [3.8, 4) is 0 Å². The van der Waals surface area contributed by atoms with Crippen molar-refractivity contribution in [2.45, 2.75) is 12.5 Å². The molecule has 0 unspecified atom stereocenters. The molecular weight excluding hydrogens is 138 g/mol. The summed E-state index contributed by atoms with van der Waals surface area (Å²) in [5.74, 6) is 0. The molecule has 0 bridgehead atoms. The first-order chi connectivity index (χ1) is 5.33. The van der Waals surface area contributed by atoms with Crippen LogP contribution in [0.3, 0.4) is 0 Å². The standard InChI is InChI=1S/C9H12NO/c10-9(7-11)6-8-4-2-1-3-5-8/h1-5,9-11H,6-7H2/t9-/m0/s1. The minimum absolute atomic E-state index is 0.0606. The Labute approximate surface area is 66.7 Å². The largest absolute Gasteiger partial charge is 0.395 e. The number of aliphatic hydroxyl groups is 1. The molecule has 1 aromatic carbocycles. The van der Waals surface area contributed by atoms with Crippen LogP contribution in [-0.2, 0) is 6.42 Å². The summed E-state index contributed by atoms with van der Waals surface area (Å²) in [5.41, 5.74) is 8.42. The second-order valence-electron chi connectivity index (χ2n) is 2.57.